The first kappa shape index (κ1) is 15.3. The van der Waals surface area contributed by atoms with E-state index in [4.69, 9.17) is 4.74 Å². The molecule has 0 spiro atoms. The Morgan fingerprint density at radius 2 is 1.50 bits per heavy atom. The van der Waals surface area contributed by atoms with Crippen molar-refractivity contribution in [2.75, 3.05) is 6.61 Å². The molecule has 2 aromatic rings. The molecule has 0 bridgehead atoms. The van der Waals surface area contributed by atoms with Gasteiger partial charge in [0.2, 0.25) is 0 Å². The van der Waals surface area contributed by atoms with Crippen molar-refractivity contribution in [3.05, 3.63) is 59.7 Å². The van der Waals surface area contributed by atoms with E-state index in [2.05, 4.69) is 24.3 Å². The molecule has 0 radical (unpaired) electrons. The highest BCUT2D eigenvalue weighted by Crippen LogP contribution is 2.62. The molecule has 1 fully saturated rings. The van der Waals surface area contributed by atoms with E-state index in [1.165, 1.54) is 22.3 Å². The molecule has 2 aliphatic carbocycles. The fourth-order valence-electron chi connectivity index (χ4n) is 4.26. The molecule has 2 aromatic carbocycles. The Hall–Kier alpha value is -2.26. The van der Waals surface area contributed by atoms with E-state index in [-0.39, 0.29) is 11.8 Å². The molecule has 2 aliphatic rings. The van der Waals surface area contributed by atoms with Gasteiger partial charge in [0.1, 0.15) is 11.9 Å². The maximum absolute atomic E-state index is 11.7. The predicted molar refractivity (Wildman–Crippen MR) is 91.8 cm³/mol. The summed E-state index contributed by atoms with van der Waals surface area (Å²) in [6.07, 6.45) is 1.67. The van der Waals surface area contributed by atoms with Crippen LogP contribution >= 0.6 is 0 Å². The molecule has 0 heterocycles. The Morgan fingerprint density at radius 3 is 1.96 bits per heavy atom. The van der Waals surface area contributed by atoms with Gasteiger partial charge in [-0.15, -0.1) is 0 Å². The number of ether oxygens (including phenoxy) is 1. The van der Waals surface area contributed by atoms with Crippen molar-refractivity contribution in [3.63, 3.8) is 0 Å². The minimum atomic E-state index is -0.985. The molecule has 2 unspecified atom stereocenters. The summed E-state index contributed by atoms with van der Waals surface area (Å²) in [4.78, 5) is 23.0. The number of carbonyl (C=O) groups is 2. The lowest BCUT2D eigenvalue weighted by molar-refractivity contribution is -0.126. The zero-order chi connectivity index (χ0) is 16.9. The lowest BCUT2D eigenvalue weighted by Crippen LogP contribution is -2.26. The average molecular weight is 320 g/mol. The van der Waals surface area contributed by atoms with Crippen molar-refractivity contribution in [2.45, 2.75) is 25.4 Å². The highest BCUT2D eigenvalue weighted by molar-refractivity contribution is 5.83. The zero-order valence-corrected chi connectivity index (χ0v) is 13.9. The summed E-state index contributed by atoms with van der Waals surface area (Å²) in [7, 11) is 0. The second kappa shape index (κ2) is 5.12. The fourth-order valence-corrected chi connectivity index (χ4v) is 4.26. The van der Waals surface area contributed by atoms with E-state index in [9.17, 15) is 9.59 Å². The maximum Gasteiger partial charge on any atom is 0.153 e. The summed E-state index contributed by atoms with van der Waals surface area (Å²) in [6, 6.07) is 16.6. The number of carbonyl (C=O) groups excluding carboxylic acids is 2. The Balaban J connectivity index is 1.67. The molecule has 24 heavy (non-hydrogen) atoms. The molecule has 3 nitrogen and oxygen atoms in total. The highest BCUT2D eigenvalue weighted by Gasteiger charge is 2.73. The van der Waals surface area contributed by atoms with Crippen LogP contribution in [0.15, 0.2) is 48.5 Å². The lowest BCUT2D eigenvalue weighted by atomic mass is 9.98. The Labute approximate surface area is 141 Å². The normalized spacial score (nSPS) is 26.5. The number of aldehydes is 2. The van der Waals surface area contributed by atoms with E-state index < -0.39 is 11.0 Å². The Morgan fingerprint density at radius 1 is 0.958 bits per heavy atom. The van der Waals surface area contributed by atoms with Crippen molar-refractivity contribution in [1.82, 2.24) is 0 Å². The summed E-state index contributed by atoms with van der Waals surface area (Å²) in [6.45, 7) is 4.23. The number of rotatable bonds is 5. The summed E-state index contributed by atoms with van der Waals surface area (Å²) in [5, 5.41) is 0. The largest absolute Gasteiger partial charge is 0.365 e. The van der Waals surface area contributed by atoms with E-state index in [1.54, 1.807) is 0 Å². The molecule has 122 valence electrons. The maximum atomic E-state index is 11.7. The standard InChI is InChI=1S/C21H20O3/c1-20(2)19(11-22)21(20,13-23)24-12-18-16-9-5-3-7-14(16)15-8-4-6-10-17(15)18/h3-11,13,18-19H,12H2,1-2H3. The van der Waals surface area contributed by atoms with Crippen LogP contribution in [-0.2, 0) is 14.3 Å². The van der Waals surface area contributed by atoms with Crippen LogP contribution in [0, 0.1) is 11.3 Å². The van der Waals surface area contributed by atoms with Crippen molar-refractivity contribution in [3.8, 4) is 11.1 Å². The Kier molecular flexibility index (Phi) is 3.26. The summed E-state index contributed by atoms with van der Waals surface area (Å²) in [5.74, 6) is -0.271. The van der Waals surface area contributed by atoms with Gasteiger partial charge in [-0.3, -0.25) is 0 Å². The molecule has 0 aliphatic heterocycles. The Bertz CT molecular complexity index is 778. The van der Waals surface area contributed by atoms with Gasteiger partial charge in [0, 0.05) is 11.3 Å². The summed E-state index contributed by atoms with van der Waals surface area (Å²) in [5.41, 5.74) is 3.48. The lowest BCUT2D eigenvalue weighted by Gasteiger charge is -2.19. The smallest absolute Gasteiger partial charge is 0.153 e. The van der Waals surface area contributed by atoms with Crippen molar-refractivity contribution in [2.24, 2.45) is 11.3 Å². The molecular weight excluding hydrogens is 300 g/mol. The third kappa shape index (κ3) is 1.82. The van der Waals surface area contributed by atoms with Crippen molar-refractivity contribution in [1.29, 1.82) is 0 Å². The molecule has 3 heteroatoms. The van der Waals surface area contributed by atoms with E-state index in [0.717, 1.165) is 12.6 Å². The van der Waals surface area contributed by atoms with Crippen molar-refractivity contribution >= 4 is 12.6 Å². The summed E-state index contributed by atoms with van der Waals surface area (Å²) < 4.78 is 6.11. The van der Waals surface area contributed by atoms with Crippen LogP contribution in [0.4, 0.5) is 0 Å². The van der Waals surface area contributed by atoms with Gasteiger partial charge in [-0.05, 0) is 22.3 Å². The van der Waals surface area contributed by atoms with Gasteiger partial charge in [0.15, 0.2) is 6.29 Å². The molecule has 0 N–H and O–H groups in total. The second-order valence-electron chi connectivity index (χ2n) is 7.28. The third-order valence-electron chi connectivity index (χ3n) is 5.93. The van der Waals surface area contributed by atoms with E-state index in [1.807, 2.05) is 38.1 Å². The van der Waals surface area contributed by atoms with Gasteiger partial charge in [-0.1, -0.05) is 62.4 Å². The van der Waals surface area contributed by atoms with Crippen LogP contribution in [0.25, 0.3) is 11.1 Å². The number of hydrogen-bond acceptors (Lipinski definition) is 3. The molecule has 0 amide bonds. The van der Waals surface area contributed by atoms with Gasteiger partial charge in [0.05, 0.1) is 12.5 Å². The SMILES string of the molecule is CC1(C)C(C=O)C1(C=O)OCC1c2ccccc2-c2ccccc21. The van der Waals surface area contributed by atoms with E-state index >= 15 is 0 Å². The minimum absolute atomic E-state index is 0.0953. The fraction of sp³-hybridized carbons (Fsp3) is 0.333. The molecule has 4 rings (SSSR count). The van der Waals surface area contributed by atoms with Crippen LogP contribution in [0.1, 0.15) is 30.9 Å². The average Bonchev–Trinajstić information content (AvgIpc) is 2.92. The van der Waals surface area contributed by atoms with Gasteiger partial charge in [-0.25, -0.2) is 0 Å². The monoisotopic (exact) mass is 320 g/mol. The van der Waals surface area contributed by atoms with Crippen LogP contribution < -0.4 is 0 Å². The first-order valence-corrected chi connectivity index (χ1v) is 8.30. The van der Waals surface area contributed by atoms with Gasteiger partial charge < -0.3 is 14.3 Å². The van der Waals surface area contributed by atoms with Crippen LogP contribution in [0.3, 0.4) is 0 Å². The minimum Gasteiger partial charge on any atom is -0.365 e. The molecule has 2 atom stereocenters. The van der Waals surface area contributed by atoms with Crippen LogP contribution in [-0.4, -0.2) is 24.8 Å². The highest BCUT2D eigenvalue weighted by atomic mass is 16.5. The molecule has 0 aromatic heterocycles. The molecule has 1 saturated carbocycles. The zero-order valence-electron chi connectivity index (χ0n) is 13.9. The van der Waals surface area contributed by atoms with Gasteiger partial charge in [0.25, 0.3) is 0 Å². The number of benzene rings is 2. The summed E-state index contributed by atoms with van der Waals surface area (Å²) >= 11 is 0. The van der Waals surface area contributed by atoms with Crippen LogP contribution in [0.5, 0.6) is 0 Å². The van der Waals surface area contributed by atoms with E-state index in [0.29, 0.717) is 6.61 Å². The quantitative estimate of drug-likeness (QED) is 0.791. The number of hydrogen-bond donors (Lipinski definition) is 0. The van der Waals surface area contributed by atoms with Gasteiger partial charge in [-0.2, -0.15) is 0 Å². The third-order valence-corrected chi connectivity index (χ3v) is 5.93. The second-order valence-corrected chi connectivity index (χ2v) is 7.28. The molecule has 0 saturated heterocycles. The predicted octanol–water partition coefficient (Wildman–Crippen LogP) is 3.61. The molecular formula is C21H20O3. The van der Waals surface area contributed by atoms with Crippen molar-refractivity contribution < 1.29 is 14.3 Å². The first-order valence-electron chi connectivity index (χ1n) is 8.30. The van der Waals surface area contributed by atoms with Gasteiger partial charge >= 0.3 is 0 Å². The van der Waals surface area contributed by atoms with Crippen LogP contribution in [0.2, 0.25) is 0 Å². The number of fused-ring (bicyclic) bond motifs is 3. The first-order chi connectivity index (χ1) is 11.6. The topological polar surface area (TPSA) is 43.4 Å².